The number of rotatable bonds is 5. The number of anilines is 1. The number of fused-ring (bicyclic) bond motifs is 1. The predicted octanol–water partition coefficient (Wildman–Crippen LogP) is 0.505. The molecule has 1 aliphatic heterocycles. The quantitative estimate of drug-likeness (QED) is 0.829. The number of amides is 3. The number of carbonyl (C=O) groups is 3. The Morgan fingerprint density at radius 3 is 2.86 bits per heavy atom. The number of nitrogens with two attached hydrogens (primary N) is 1. The van der Waals surface area contributed by atoms with Crippen LogP contribution in [-0.4, -0.2) is 36.1 Å². The third-order valence-corrected chi connectivity index (χ3v) is 4.07. The summed E-state index contributed by atoms with van der Waals surface area (Å²) < 4.78 is 0. The molecule has 7 heteroatoms. The summed E-state index contributed by atoms with van der Waals surface area (Å²) >= 11 is 1.47. The summed E-state index contributed by atoms with van der Waals surface area (Å²) in [4.78, 5) is 37.3. The Labute approximate surface area is 127 Å². The normalized spacial score (nSPS) is 15.3. The molecular formula is C14H17N3O3S. The molecule has 2 rings (SSSR count). The molecule has 0 aliphatic carbocycles. The first-order valence-electron chi connectivity index (χ1n) is 6.57. The first kappa shape index (κ1) is 15.4. The molecule has 1 unspecified atom stereocenters. The maximum atomic E-state index is 12.0. The molecule has 0 bridgehead atoms. The van der Waals surface area contributed by atoms with Crippen LogP contribution in [0, 0.1) is 0 Å². The van der Waals surface area contributed by atoms with Crippen molar-refractivity contribution in [3.8, 4) is 0 Å². The van der Waals surface area contributed by atoms with Crippen molar-refractivity contribution in [2.45, 2.75) is 24.3 Å². The van der Waals surface area contributed by atoms with Crippen LogP contribution in [0.3, 0.4) is 0 Å². The Morgan fingerprint density at radius 2 is 2.14 bits per heavy atom. The van der Waals surface area contributed by atoms with Crippen molar-refractivity contribution in [1.29, 1.82) is 0 Å². The number of carbonyl (C=O) groups excluding carboxylic acids is 3. The summed E-state index contributed by atoms with van der Waals surface area (Å²) in [5, 5.41) is 2.67. The molecule has 3 N–H and O–H groups in total. The number of nitrogens with zero attached hydrogens (tertiary/aromatic N) is 1. The van der Waals surface area contributed by atoms with Crippen molar-refractivity contribution in [2.75, 3.05) is 17.2 Å². The monoisotopic (exact) mass is 307 g/mol. The minimum absolute atomic E-state index is 0.0560. The Kier molecular flexibility index (Phi) is 4.85. The molecular weight excluding hydrogens is 290 g/mol. The summed E-state index contributed by atoms with van der Waals surface area (Å²) in [7, 11) is 0. The fourth-order valence-electron chi connectivity index (χ4n) is 2.14. The van der Waals surface area contributed by atoms with Crippen LogP contribution in [0.2, 0.25) is 0 Å². The first-order chi connectivity index (χ1) is 9.97. The Bertz CT molecular complexity index is 576. The largest absolute Gasteiger partial charge is 0.370 e. The number of nitrogens with one attached hydrogen (secondary N) is 1. The van der Waals surface area contributed by atoms with Gasteiger partial charge in [0.15, 0.2) is 0 Å². The summed E-state index contributed by atoms with van der Waals surface area (Å²) in [6.07, 6.45) is 0.0755. The minimum atomic E-state index is -0.474. The predicted molar refractivity (Wildman–Crippen MR) is 80.9 cm³/mol. The van der Waals surface area contributed by atoms with E-state index in [0.717, 1.165) is 10.6 Å². The van der Waals surface area contributed by atoms with Gasteiger partial charge in [-0.1, -0.05) is 12.1 Å². The molecule has 1 heterocycles. The second-order valence-corrected chi connectivity index (χ2v) is 5.89. The van der Waals surface area contributed by atoms with Crippen LogP contribution in [0.15, 0.2) is 29.2 Å². The molecule has 0 spiro atoms. The summed E-state index contributed by atoms with van der Waals surface area (Å²) in [5.74, 6) is -0.560. The summed E-state index contributed by atoms with van der Waals surface area (Å²) in [5.41, 5.74) is 5.83. The molecule has 21 heavy (non-hydrogen) atoms. The van der Waals surface area contributed by atoms with E-state index < -0.39 is 5.91 Å². The van der Waals surface area contributed by atoms with E-state index in [2.05, 4.69) is 5.32 Å². The van der Waals surface area contributed by atoms with Gasteiger partial charge in [0.05, 0.1) is 11.4 Å². The average molecular weight is 307 g/mol. The van der Waals surface area contributed by atoms with Crippen molar-refractivity contribution in [2.24, 2.45) is 5.73 Å². The molecule has 0 fully saturated rings. The molecule has 112 valence electrons. The van der Waals surface area contributed by atoms with E-state index >= 15 is 0 Å². The summed E-state index contributed by atoms with van der Waals surface area (Å²) in [6, 6.07) is 7.12. The minimum Gasteiger partial charge on any atom is -0.370 e. The molecule has 0 saturated carbocycles. The Hall–Kier alpha value is -2.02. The van der Waals surface area contributed by atoms with Crippen molar-refractivity contribution in [1.82, 2.24) is 5.32 Å². The van der Waals surface area contributed by atoms with Crippen LogP contribution in [0.5, 0.6) is 0 Å². The van der Waals surface area contributed by atoms with E-state index in [1.165, 1.54) is 16.7 Å². The number of primary amides is 1. The van der Waals surface area contributed by atoms with Crippen LogP contribution in [0.1, 0.15) is 13.3 Å². The smallest absolute Gasteiger partial charge is 0.240 e. The van der Waals surface area contributed by atoms with Gasteiger partial charge in [-0.15, -0.1) is 11.8 Å². The standard InChI is InChI=1S/C14H17N3O3S/c1-9(6-12(15)18)16-13(19)7-17-10-4-2-3-5-11(10)21-8-14(17)20/h2-5,9H,6-8H2,1H3,(H2,15,18)(H,16,19). The van der Waals surface area contributed by atoms with Crippen molar-refractivity contribution in [3.05, 3.63) is 24.3 Å². The maximum absolute atomic E-state index is 12.0. The topological polar surface area (TPSA) is 92.5 Å². The van der Waals surface area contributed by atoms with E-state index in [1.54, 1.807) is 6.92 Å². The van der Waals surface area contributed by atoms with Crippen LogP contribution >= 0.6 is 11.8 Å². The lowest BCUT2D eigenvalue weighted by atomic mass is 10.2. The van der Waals surface area contributed by atoms with Gasteiger partial charge >= 0.3 is 0 Å². The fraction of sp³-hybridized carbons (Fsp3) is 0.357. The lowest BCUT2D eigenvalue weighted by Crippen LogP contribution is -2.46. The zero-order chi connectivity index (χ0) is 15.4. The molecule has 0 aromatic heterocycles. The fourth-order valence-corrected chi connectivity index (χ4v) is 3.08. The van der Waals surface area contributed by atoms with Crippen molar-refractivity contribution < 1.29 is 14.4 Å². The zero-order valence-electron chi connectivity index (χ0n) is 11.7. The molecule has 1 aliphatic rings. The second-order valence-electron chi connectivity index (χ2n) is 4.88. The van der Waals surface area contributed by atoms with E-state index in [9.17, 15) is 14.4 Å². The van der Waals surface area contributed by atoms with Gasteiger partial charge in [0.1, 0.15) is 6.54 Å². The number of para-hydroxylation sites is 1. The Morgan fingerprint density at radius 1 is 1.43 bits per heavy atom. The third kappa shape index (κ3) is 3.98. The average Bonchev–Trinajstić information content (AvgIpc) is 2.41. The molecule has 1 aromatic rings. The molecule has 3 amide bonds. The third-order valence-electron chi connectivity index (χ3n) is 3.02. The number of benzene rings is 1. The van der Waals surface area contributed by atoms with Gasteiger partial charge in [0.25, 0.3) is 0 Å². The second kappa shape index (κ2) is 6.62. The van der Waals surface area contributed by atoms with Gasteiger partial charge in [-0.25, -0.2) is 0 Å². The van der Waals surface area contributed by atoms with Gasteiger partial charge in [-0.2, -0.15) is 0 Å². The molecule has 1 atom stereocenters. The van der Waals surface area contributed by atoms with Gasteiger partial charge in [0, 0.05) is 17.4 Å². The summed E-state index contributed by atoms with van der Waals surface area (Å²) in [6.45, 7) is 1.64. The molecule has 6 nitrogen and oxygen atoms in total. The molecule has 1 aromatic carbocycles. The number of thioether (sulfide) groups is 1. The highest BCUT2D eigenvalue weighted by atomic mass is 32.2. The highest BCUT2D eigenvalue weighted by molar-refractivity contribution is 8.00. The highest BCUT2D eigenvalue weighted by Gasteiger charge is 2.26. The van der Waals surface area contributed by atoms with Gasteiger partial charge < -0.3 is 16.0 Å². The Balaban J connectivity index is 2.03. The zero-order valence-corrected chi connectivity index (χ0v) is 12.5. The van der Waals surface area contributed by atoms with Gasteiger partial charge in [0.2, 0.25) is 17.7 Å². The SMILES string of the molecule is CC(CC(N)=O)NC(=O)CN1C(=O)CSc2ccccc21. The van der Waals surface area contributed by atoms with Crippen LogP contribution in [-0.2, 0) is 14.4 Å². The van der Waals surface area contributed by atoms with Crippen molar-refractivity contribution in [3.63, 3.8) is 0 Å². The van der Waals surface area contributed by atoms with Gasteiger partial charge in [-0.3, -0.25) is 14.4 Å². The van der Waals surface area contributed by atoms with E-state index in [-0.39, 0.29) is 30.8 Å². The highest BCUT2D eigenvalue weighted by Crippen LogP contribution is 2.34. The van der Waals surface area contributed by atoms with Gasteiger partial charge in [-0.05, 0) is 19.1 Å². The maximum Gasteiger partial charge on any atom is 0.240 e. The van der Waals surface area contributed by atoms with Crippen LogP contribution in [0.25, 0.3) is 0 Å². The van der Waals surface area contributed by atoms with E-state index in [1.807, 2.05) is 24.3 Å². The first-order valence-corrected chi connectivity index (χ1v) is 7.56. The lowest BCUT2D eigenvalue weighted by Gasteiger charge is -2.28. The lowest BCUT2D eigenvalue weighted by molar-refractivity contribution is -0.124. The van der Waals surface area contributed by atoms with Crippen molar-refractivity contribution >= 4 is 35.2 Å². The van der Waals surface area contributed by atoms with Crippen LogP contribution < -0.4 is 16.0 Å². The number of hydrogen-bond donors (Lipinski definition) is 2. The van der Waals surface area contributed by atoms with E-state index in [0.29, 0.717) is 5.75 Å². The number of hydrogen-bond acceptors (Lipinski definition) is 4. The van der Waals surface area contributed by atoms with Crippen LogP contribution in [0.4, 0.5) is 5.69 Å². The molecule has 0 saturated heterocycles. The molecule has 0 radical (unpaired) electrons. The van der Waals surface area contributed by atoms with E-state index in [4.69, 9.17) is 5.73 Å².